The van der Waals surface area contributed by atoms with Gasteiger partial charge in [-0.2, -0.15) is 0 Å². The Morgan fingerprint density at radius 3 is 2.17 bits per heavy atom. The highest BCUT2D eigenvalue weighted by Gasteiger charge is 2.42. The van der Waals surface area contributed by atoms with Gasteiger partial charge in [0.1, 0.15) is 5.75 Å². The average molecular weight is 407 g/mol. The van der Waals surface area contributed by atoms with Crippen molar-refractivity contribution in [2.75, 3.05) is 33.3 Å². The molecule has 2 aliphatic rings. The first-order valence-electron chi connectivity index (χ1n) is 10.9. The zero-order valence-corrected chi connectivity index (χ0v) is 17.8. The lowest BCUT2D eigenvalue weighted by atomic mass is 9.87. The van der Waals surface area contributed by atoms with Crippen LogP contribution in [0.15, 0.2) is 48.5 Å². The normalized spacial score (nSPS) is 21.5. The Hall–Kier alpha value is -2.82. The number of methoxy groups -OCH3 is 1. The first-order valence-corrected chi connectivity index (χ1v) is 10.9. The average Bonchev–Trinajstić information content (AvgIpc) is 3.24. The second kappa shape index (κ2) is 8.90. The lowest BCUT2D eigenvalue weighted by Gasteiger charge is -2.31. The minimum atomic E-state index is -0.203. The number of amides is 2. The number of carbonyl (C=O) groups is 2. The molecule has 158 valence electrons. The van der Waals surface area contributed by atoms with E-state index in [1.807, 2.05) is 65.3 Å². The van der Waals surface area contributed by atoms with Gasteiger partial charge in [0.25, 0.3) is 5.91 Å². The van der Waals surface area contributed by atoms with Crippen molar-refractivity contribution < 1.29 is 14.3 Å². The highest BCUT2D eigenvalue weighted by atomic mass is 16.5. The van der Waals surface area contributed by atoms with Crippen molar-refractivity contribution in [3.63, 3.8) is 0 Å². The SMILES string of the molecule is COc1ccc([C@@H]2CN(C(=O)c3ccc(C)cc3)C[C@H]2C(=O)N2CCCCC2)cc1. The number of rotatable bonds is 4. The lowest BCUT2D eigenvalue weighted by Crippen LogP contribution is -2.42. The van der Waals surface area contributed by atoms with Crippen molar-refractivity contribution in [3.05, 3.63) is 65.2 Å². The summed E-state index contributed by atoms with van der Waals surface area (Å²) in [5, 5.41) is 0. The van der Waals surface area contributed by atoms with Crippen molar-refractivity contribution in [1.29, 1.82) is 0 Å². The Bertz CT molecular complexity index is 886. The van der Waals surface area contributed by atoms with Gasteiger partial charge in [-0.1, -0.05) is 29.8 Å². The number of likely N-dealkylation sites (tertiary alicyclic amines) is 2. The van der Waals surface area contributed by atoms with Crippen molar-refractivity contribution in [2.45, 2.75) is 32.1 Å². The Morgan fingerprint density at radius 1 is 0.867 bits per heavy atom. The third-order valence-corrected chi connectivity index (χ3v) is 6.43. The topological polar surface area (TPSA) is 49.9 Å². The summed E-state index contributed by atoms with van der Waals surface area (Å²) >= 11 is 0. The van der Waals surface area contributed by atoms with Crippen LogP contribution in [-0.2, 0) is 4.79 Å². The molecule has 0 radical (unpaired) electrons. The molecule has 2 heterocycles. The summed E-state index contributed by atoms with van der Waals surface area (Å²) in [7, 11) is 1.65. The van der Waals surface area contributed by atoms with Crippen LogP contribution in [-0.4, -0.2) is 54.9 Å². The van der Waals surface area contributed by atoms with E-state index >= 15 is 0 Å². The number of piperidine rings is 1. The Morgan fingerprint density at radius 2 is 1.53 bits per heavy atom. The lowest BCUT2D eigenvalue weighted by molar-refractivity contribution is -0.136. The van der Waals surface area contributed by atoms with Crippen molar-refractivity contribution in [1.82, 2.24) is 9.80 Å². The van der Waals surface area contributed by atoms with E-state index in [4.69, 9.17) is 4.74 Å². The molecule has 2 aromatic rings. The van der Waals surface area contributed by atoms with Crippen LogP contribution in [0.5, 0.6) is 5.75 Å². The summed E-state index contributed by atoms with van der Waals surface area (Å²) in [6.07, 6.45) is 3.32. The molecule has 5 heteroatoms. The quantitative estimate of drug-likeness (QED) is 0.774. The predicted octanol–water partition coefficient (Wildman–Crippen LogP) is 3.87. The van der Waals surface area contributed by atoms with Crippen LogP contribution in [0.4, 0.5) is 0 Å². The summed E-state index contributed by atoms with van der Waals surface area (Å²) in [5.41, 5.74) is 2.90. The zero-order chi connectivity index (χ0) is 21.1. The minimum Gasteiger partial charge on any atom is -0.497 e. The molecular weight excluding hydrogens is 376 g/mol. The molecule has 0 saturated carbocycles. The maximum absolute atomic E-state index is 13.4. The molecule has 4 rings (SSSR count). The number of hydrogen-bond donors (Lipinski definition) is 0. The highest BCUT2D eigenvalue weighted by Crippen LogP contribution is 2.36. The Kier molecular flexibility index (Phi) is 6.07. The number of ether oxygens (including phenoxy) is 1. The zero-order valence-electron chi connectivity index (χ0n) is 17.8. The molecule has 2 atom stereocenters. The molecule has 0 bridgehead atoms. The third kappa shape index (κ3) is 4.20. The van der Waals surface area contributed by atoms with E-state index in [1.54, 1.807) is 7.11 Å². The van der Waals surface area contributed by atoms with E-state index in [1.165, 1.54) is 6.42 Å². The standard InChI is InChI=1S/C25H30N2O3/c1-18-6-8-20(9-7-18)24(28)27-16-22(19-10-12-21(30-2)13-11-19)23(17-27)25(29)26-14-4-3-5-15-26/h6-13,22-23H,3-5,14-17H2,1-2H3/t22-,23+/m0/s1. The maximum Gasteiger partial charge on any atom is 0.253 e. The first-order chi connectivity index (χ1) is 14.6. The number of nitrogens with zero attached hydrogens (tertiary/aromatic N) is 2. The number of aryl methyl sites for hydroxylation is 1. The van der Waals surface area contributed by atoms with Gasteiger partial charge in [-0.25, -0.2) is 0 Å². The molecule has 0 aliphatic carbocycles. The van der Waals surface area contributed by atoms with E-state index < -0.39 is 0 Å². The molecule has 2 saturated heterocycles. The van der Waals surface area contributed by atoms with Crippen LogP contribution in [0.1, 0.15) is 46.7 Å². The first kappa shape index (κ1) is 20.5. The van der Waals surface area contributed by atoms with Gasteiger partial charge in [-0.3, -0.25) is 9.59 Å². The van der Waals surface area contributed by atoms with Crippen LogP contribution in [0.3, 0.4) is 0 Å². The van der Waals surface area contributed by atoms with Gasteiger partial charge in [0.2, 0.25) is 5.91 Å². The fourth-order valence-corrected chi connectivity index (χ4v) is 4.64. The van der Waals surface area contributed by atoms with Gasteiger partial charge in [0, 0.05) is 37.7 Å². The summed E-state index contributed by atoms with van der Waals surface area (Å²) in [6.45, 7) is 4.70. The molecular formula is C25H30N2O3. The molecule has 0 N–H and O–H groups in total. The van der Waals surface area contributed by atoms with E-state index in [9.17, 15) is 9.59 Å². The Balaban J connectivity index is 1.59. The van der Waals surface area contributed by atoms with Gasteiger partial charge in [0.05, 0.1) is 13.0 Å². The van der Waals surface area contributed by atoms with Crippen LogP contribution < -0.4 is 4.74 Å². The Labute approximate surface area is 178 Å². The van der Waals surface area contributed by atoms with Gasteiger partial charge in [-0.15, -0.1) is 0 Å². The fraction of sp³-hybridized carbons (Fsp3) is 0.440. The number of carbonyl (C=O) groups excluding carboxylic acids is 2. The van der Waals surface area contributed by atoms with Gasteiger partial charge in [0.15, 0.2) is 0 Å². The van der Waals surface area contributed by atoms with Crippen molar-refractivity contribution >= 4 is 11.8 Å². The molecule has 0 unspecified atom stereocenters. The number of hydrogen-bond acceptors (Lipinski definition) is 3. The fourth-order valence-electron chi connectivity index (χ4n) is 4.64. The van der Waals surface area contributed by atoms with E-state index in [2.05, 4.69) is 0 Å². The van der Waals surface area contributed by atoms with Gasteiger partial charge < -0.3 is 14.5 Å². The highest BCUT2D eigenvalue weighted by molar-refractivity contribution is 5.95. The van der Waals surface area contributed by atoms with E-state index in [-0.39, 0.29) is 23.7 Å². The van der Waals surface area contributed by atoms with E-state index in [0.29, 0.717) is 18.7 Å². The van der Waals surface area contributed by atoms with Crippen LogP contribution in [0.25, 0.3) is 0 Å². The largest absolute Gasteiger partial charge is 0.497 e. The molecule has 2 fully saturated rings. The minimum absolute atomic E-state index is 0.000249. The van der Waals surface area contributed by atoms with Gasteiger partial charge >= 0.3 is 0 Å². The monoisotopic (exact) mass is 406 g/mol. The molecule has 2 aliphatic heterocycles. The molecule has 0 spiro atoms. The molecule has 5 nitrogen and oxygen atoms in total. The molecule has 0 aromatic heterocycles. The van der Waals surface area contributed by atoms with Crippen LogP contribution in [0.2, 0.25) is 0 Å². The third-order valence-electron chi connectivity index (χ3n) is 6.43. The van der Waals surface area contributed by atoms with Crippen LogP contribution in [0, 0.1) is 12.8 Å². The smallest absolute Gasteiger partial charge is 0.253 e. The summed E-state index contributed by atoms with van der Waals surface area (Å²) in [4.78, 5) is 30.4. The predicted molar refractivity (Wildman–Crippen MR) is 117 cm³/mol. The van der Waals surface area contributed by atoms with Crippen LogP contribution >= 0.6 is 0 Å². The van der Waals surface area contributed by atoms with Gasteiger partial charge in [-0.05, 0) is 56.0 Å². The second-order valence-corrected chi connectivity index (χ2v) is 8.45. The molecule has 30 heavy (non-hydrogen) atoms. The molecule has 2 aromatic carbocycles. The van der Waals surface area contributed by atoms with Crippen molar-refractivity contribution in [3.8, 4) is 5.75 Å². The van der Waals surface area contributed by atoms with E-state index in [0.717, 1.165) is 42.8 Å². The van der Waals surface area contributed by atoms with Crippen molar-refractivity contribution in [2.24, 2.45) is 5.92 Å². The summed E-state index contributed by atoms with van der Waals surface area (Å²) in [6, 6.07) is 15.6. The molecule has 2 amide bonds. The summed E-state index contributed by atoms with van der Waals surface area (Å²) in [5.74, 6) is 0.783. The maximum atomic E-state index is 13.4. The summed E-state index contributed by atoms with van der Waals surface area (Å²) < 4.78 is 5.29. The second-order valence-electron chi connectivity index (χ2n) is 8.45. The number of benzene rings is 2.